The smallest absolute Gasteiger partial charge is 0.417 e. The van der Waals surface area contributed by atoms with Crippen molar-refractivity contribution in [3.05, 3.63) is 34.3 Å². The molecule has 0 aromatic heterocycles. The first-order chi connectivity index (χ1) is 8.34. The lowest BCUT2D eigenvalue weighted by molar-refractivity contribution is -0.139. The monoisotopic (exact) mass is 276 g/mol. The van der Waals surface area contributed by atoms with Crippen LogP contribution in [-0.2, 0) is 15.7 Å². The molecule has 18 heavy (non-hydrogen) atoms. The maximum absolute atomic E-state index is 12.7. The number of rotatable bonds is 1. The van der Waals surface area contributed by atoms with Gasteiger partial charge in [0.25, 0.3) is 0 Å². The van der Waals surface area contributed by atoms with E-state index < -0.39 is 17.7 Å². The average Bonchev–Trinajstić information content (AvgIpc) is 2.29. The Morgan fingerprint density at radius 1 is 1.44 bits per heavy atom. The van der Waals surface area contributed by atoms with Gasteiger partial charge in [-0.3, -0.25) is 4.79 Å². The Morgan fingerprint density at radius 2 is 2.11 bits per heavy atom. The third kappa shape index (κ3) is 3.97. The van der Waals surface area contributed by atoms with Gasteiger partial charge in [0.2, 0.25) is 0 Å². The summed E-state index contributed by atoms with van der Waals surface area (Å²) in [6, 6.07) is 3.26. The maximum Gasteiger partial charge on any atom is 0.417 e. The second kappa shape index (κ2) is 5.78. The molecule has 0 saturated carbocycles. The predicted octanol–water partition coefficient (Wildman–Crippen LogP) is 3.27. The summed E-state index contributed by atoms with van der Waals surface area (Å²) < 4.78 is 42.3. The summed E-state index contributed by atoms with van der Waals surface area (Å²) in [5.74, 6) is 3.99. The number of halogens is 4. The van der Waals surface area contributed by atoms with E-state index >= 15 is 0 Å². The fraction of sp³-hybridized carbons (Fsp3) is 0.250. The molecular formula is C12H8ClF3O2. The first-order valence-electron chi connectivity index (χ1n) is 4.77. The van der Waals surface area contributed by atoms with Crippen LogP contribution in [0, 0.1) is 11.8 Å². The highest BCUT2D eigenvalue weighted by molar-refractivity contribution is 6.30. The first-order valence-corrected chi connectivity index (χ1v) is 5.15. The van der Waals surface area contributed by atoms with Gasteiger partial charge >= 0.3 is 12.1 Å². The van der Waals surface area contributed by atoms with Gasteiger partial charge in [-0.05, 0) is 18.2 Å². The third-order valence-corrected chi connectivity index (χ3v) is 2.21. The molecule has 0 radical (unpaired) electrons. The van der Waals surface area contributed by atoms with Gasteiger partial charge in [0.05, 0.1) is 12.7 Å². The highest BCUT2D eigenvalue weighted by Gasteiger charge is 2.33. The number of alkyl halides is 3. The Morgan fingerprint density at radius 3 is 2.67 bits per heavy atom. The zero-order chi connectivity index (χ0) is 13.8. The molecule has 1 rings (SSSR count). The number of carbonyl (C=O) groups excluding carboxylic acids is 1. The fourth-order valence-corrected chi connectivity index (χ4v) is 1.32. The molecule has 0 fully saturated rings. The third-order valence-electron chi connectivity index (χ3n) is 1.97. The lowest BCUT2D eigenvalue weighted by atomic mass is 10.1. The highest BCUT2D eigenvalue weighted by atomic mass is 35.5. The molecule has 0 unspecified atom stereocenters. The summed E-state index contributed by atoms with van der Waals surface area (Å²) in [5, 5.41) is -0.0270. The van der Waals surface area contributed by atoms with E-state index in [-0.39, 0.29) is 17.0 Å². The van der Waals surface area contributed by atoms with Gasteiger partial charge < -0.3 is 4.74 Å². The van der Waals surface area contributed by atoms with Crippen LogP contribution in [0.15, 0.2) is 18.2 Å². The van der Waals surface area contributed by atoms with Crippen molar-refractivity contribution < 1.29 is 22.7 Å². The molecule has 0 aliphatic carbocycles. The van der Waals surface area contributed by atoms with Crippen LogP contribution in [0.3, 0.4) is 0 Å². The molecule has 0 aliphatic heterocycles. The van der Waals surface area contributed by atoms with Crippen molar-refractivity contribution in [2.24, 2.45) is 0 Å². The number of ether oxygens (including phenoxy) is 1. The molecule has 96 valence electrons. The largest absolute Gasteiger partial charge is 0.468 e. The van der Waals surface area contributed by atoms with E-state index in [1.807, 2.05) is 0 Å². The van der Waals surface area contributed by atoms with Gasteiger partial charge in [-0.15, -0.1) is 0 Å². The Kier molecular flexibility index (Phi) is 4.62. The summed E-state index contributed by atoms with van der Waals surface area (Å²) in [6.07, 6.45) is -4.81. The van der Waals surface area contributed by atoms with Crippen LogP contribution in [0.25, 0.3) is 0 Å². The van der Waals surface area contributed by atoms with E-state index in [9.17, 15) is 18.0 Å². The second-order valence-electron chi connectivity index (χ2n) is 3.24. The Bertz CT molecular complexity index is 512. The van der Waals surface area contributed by atoms with Crippen LogP contribution in [0.2, 0.25) is 5.02 Å². The van der Waals surface area contributed by atoms with Crippen molar-refractivity contribution in [2.75, 3.05) is 7.11 Å². The van der Waals surface area contributed by atoms with E-state index in [1.54, 1.807) is 0 Å². The molecule has 6 heteroatoms. The van der Waals surface area contributed by atoms with E-state index in [1.165, 1.54) is 13.2 Å². The predicted molar refractivity (Wildman–Crippen MR) is 60.0 cm³/mol. The molecule has 0 amide bonds. The van der Waals surface area contributed by atoms with Crippen LogP contribution in [0.4, 0.5) is 13.2 Å². The van der Waals surface area contributed by atoms with Gasteiger partial charge in [0.15, 0.2) is 0 Å². The van der Waals surface area contributed by atoms with E-state index in [2.05, 4.69) is 16.6 Å². The average molecular weight is 277 g/mol. The van der Waals surface area contributed by atoms with Crippen molar-refractivity contribution in [1.82, 2.24) is 0 Å². The van der Waals surface area contributed by atoms with Gasteiger partial charge in [-0.2, -0.15) is 13.2 Å². The molecule has 0 saturated heterocycles. The quantitative estimate of drug-likeness (QED) is 0.581. The SMILES string of the molecule is COC(=O)CC#Cc1ccc(Cl)cc1C(F)(F)F. The fourth-order valence-electron chi connectivity index (χ4n) is 1.14. The summed E-state index contributed by atoms with van der Waals surface area (Å²) in [7, 11) is 1.17. The molecule has 1 aromatic carbocycles. The van der Waals surface area contributed by atoms with E-state index in [0.717, 1.165) is 12.1 Å². The molecule has 1 aromatic rings. The molecule has 0 atom stereocenters. The van der Waals surface area contributed by atoms with Crippen LogP contribution in [0.1, 0.15) is 17.5 Å². The summed E-state index contributed by atoms with van der Waals surface area (Å²) in [4.78, 5) is 10.8. The lowest BCUT2D eigenvalue weighted by Gasteiger charge is -2.09. The second-order valence-corrected chi connectivity index (χ2v) is 3.68. The van der Waals surface area contributed by atoms with Crippen LogP contribution in [-0.4, -0.2) is 13.1 Å². The number of esters is 1. The molecule has 0 N–H and O–H groups in total. The van der Waals surface area contributed by atoms with Gasteiger partial charge in [0, 0.05) is 10.6 Å². The topological polar surface area (TPSA) is 26.3 Å². The lowest BCUT2D eigenvalue weighted by Crippen LogP contribution is -2.07. The van der Waals surface area contributed by atoms with E-state index in [4.69, 9.17) is 11.6 Å². The summed E-state index contributed by atoms with van der Waals surface area (Å²) in [6.45, 7) is 0. The zero-order valence-corrected chi connectivity index (χ0v) is 10.0. The number of methoxy groups -OCH3 is 1. The highest BCUT2D eigenvalue weighted by Crippen LogP contribution is 2.33. The van der Waals surface area contributed by atoms with Crippen LogP contribution >= 0.6 is 11.6 Å². The summed E-state index contributed by atoms with van der Waals surface area (Å²) in [5.41, 5.74) is -1.15. The van der Waals surface area contributed by atoms with Crippen LogP contribution < -0.4 is 0 Å². The van der Waals surface area contributed by atoms with Crippen molar-refractivity contribution in [1.29, 1.82) is 0 Å². The Balaban J connectivity index is 3.06. The standard InChI is InChI=1S/C12H8ClF3O2/c1-18-11(17)4-2-3-8-5-6-9(13)7-10(8)12(14,15)16/h5-7H,4H2,1H3. The summed E-state index contributed by atoms with van der Waals surface area (Å²) >= 11 is 5.51. The number of hydrogen-bond donors (Lipinski definition) is 0. The van der Waals surface area contributed by atoms with Crippen LogP contribution in [0.5, 0.6) is 0 Å². The molecule has 0 spiro atoms. The number of carbonyl (C=O) groups is 1. The molecule has 0 aliphatic rings. The first kappa shape index (κ1) is 14.4. The van der Waals surface area contributed by atoms with Crippen molar-refractivity contribution in [2.45, 2.75) is 12.6 Å². The van der Waals surface area contributed by atoms with Crippen molar-refractivity contribution >= 4 is 17.6 Å². The van der Waals surface area contributed by atoms with Crippen molar-refractivity contribution in [3.8, 4) is 11.8 Å². The van der Waals surface area contributed by atoms with Gasteiger partial charge in [0.1, 0.15) is 6.42 Å². The molecule has 0 heterocycles. The normalized spacial score (nSPS) is 10.5. The maximum atomic E-state index is 12.7. The molecule has 0 bridgehead atoms. The number of hydrogen-bond acceptors (Lipinski definition) is 2. The Hall–Kier alpha value is -1.67. The molecule has 2 nitrogen and oxygen atoms in total. The number of benzene rings is 1. The minimum atomic E-state index is -4.54. The minimum absolute atomic E-state index is 0.0270. The minimum Gasteiger partial charge on any atom is -0.468 e. The van der Waals surface area contributed by atoms with Crippen molar-refractivity contribution in [3.63, 3.8) is 0 Å². The van der Waals surface area contributed by atoms with E-state index in [0.29, 0.717) is 0 Å². The Labute approximate surface area is 107 Å². The van der Waals surface area contributed by atoms with Gasteiger partial charge in [-0.25, -0.2) is 0 Å². The zero-order valence-electron chi connectivity index (χ0n) is 9.27. The van der Waals surface area contributed by atoms with Gasteiger partial charge in [-0.1, -0.05) is 23.4 Å². The molecular weight excluding hydrogens is 269 g/mol.